The summed E-state index contributed by atoms with van der Waals surface area (Å²) >= 11 is 14.7. The Bertz CT molecular complexity index is 355. The predicted molar refractivity (Wildman–Crippen MR) is 60.5 cm³/mol. The molecule has 0 spiro atoms. The van der Waals surface area contributed by atoms with E-state index in [1.54, 1.807) is 18.2 Å². The number of carboxylic acid groups (broad SMARTS) is 1. The van der Waals surface area contributed by atoms with Gasteiger partial charge in [0.25, 0.3) is 0 Å². The van der Waals surface area contributed by atoms with Crippen LogP contribution in [0.5, 0.6) is 0 Å². The molecule has 0 fully saturated rings. The third-order valence-corrected chi connectivity index (χ3v) is 3.27. The van der Waals surface area contributed by atoms with Gasteiger partial charge in [0.15, 0.2) is 0 Å². The first-order valence-electron chi connectivity index (χ1n) is 3.82. The zero-order chi connectivity index (χ0) is 10.7. The van der Waals surface area contributed by atoms with Gasteiger partial charge in [-0.3, -0.25) is 4.79 Å². The first-order valence-corrected chi connectivity index (χ1v) is 5.49. The van der Waals surface area contributed by atoms with Gasteiger partial charge in [0.05, 0.1) is 10.0 Å². The monoisotopic (exact) mass is 296 g/mol. The van der Waals surface area contributed by atoms with Crippen LogP contribution in [-0.2, 0) is 11.2 Å². The fraction of sp³-hybridized carbons (Fsp3) is 0.222. The molecule has 76 valence electrons. The maximum Gasteiger partial charge on any atom is 0.317 e. The SMILES string of the molecule is O=C(O)C(Br)Cc1cccc(Cl)c1Cl. The summed E-state index contributed by atoms with van der Waals surface area (Å²) in [7, 11) is 0. The first-order chi connectivity index (χ1) is 6.52. The van der Waals surface area contributed by atoms with Crippen molar-refractivity contribution in [2.45, 2.75) is 11.2 Å². The minimum Gasteiger partial charge on any atom is -0.480 e. The number of carbonyl (C=O) groups is 1. The molecule has 1 unspecified atom stereocenters. The molecule has 0 radical (unpaired) electrons. The van der Waals surface area contributed by atoms with Crippen LogP contribution >= 0.6 is 39.1 Å². The molecule has 0 bridgehead atoms. The van der Waals surface area contributed by atoms with Crippen LogP contribution in [0.1, 0.15) is 5.56 Å². The molecule has 1 rings (SSSR count). The molecule has 0 aliphatic heterocycles. The van der Waals surface area contributed by atoms with Gasteiger partial charge in [0.2, 0.25) is 0 Å². The van der Waals surface area contributed by atoms with Crippen LogP contribution in [0.4, 0.5) is 0 Å². The van der Waals surface area contributed by atoms with Crippen molar-refractivity contribution in [2.75, 3.05) is 0 Å². The molecule has 1 atom stereocenters. The highest BCUT2D eigenvalue weighted by Gasteiger charge is 2.15. The molecule has 1 aromatic carbocycles. The molecule has 0 aromatic heterocycles. The minimum atomic E-state index is -0.916. The van der Waals surface area contributed by atoms with E-state index in [4.69, 9.17) is 28.3 Å². The summed E-state index contributed by atoms with van der Waals surface area (Å²) in [5.41, 5.74) is 0.725. The lowest BCUT2D eigenvalue weighted by Gasteiger charge is -2.07. The van der Waals surface area contributed by atoms with Crippen molar-refractivity contribution in [1.29, 1.82) is 0 Å². The number of hydrogen-bond donors (Lipinski definition) is 1. The summed E-state index contributed by atoms with van der Waals surface area (Å²) in [5, 5.41) is 9.54. The molecular weight excluding hydrogens is 291 g/mol. The van der Waals surface area contributed by atoms with Crippen molar-refractivity contribution in [3.8, 4) is 0 Å². The lowest BCUT2D eigenvalue weighted by atomic mass is 10.1. The van der Waals surface area contributed by atoms with Crippen LogP contribution < -0.4 is 0 Å². The topological polar surface area (TPSA) is 37.3 Å². The molecule has 0 heterocycles. The van der Waals surface area contributed by atoms with Gasteiger partial charge in [-0.2, -0.15) is 0 Å². The Labute approximate surface area is 100.0 Å². The van der Waals surface area contributed by atoms with Crippen molar-refractivity contribution in [2.24, 2.45) is 0 Å². The van der Waals surface area contributed by atoms with Crippen LogP contribution in [0.25, 0.3) is 0 Å². The highest BCUT2D eigenvalue weighted by atomic mass is 79.9. The zero-order valence-electron chi connectivity index (χ0n) is 7.01. The Morgan fingerprint density at radius 3 is 2.71 bits per heavy atom. The van der Waals surface area contributed by atoms with E-state index in [1.165, 1.54) is 0 Å². The maximum absolute atomic E-state index is 10.6. The van der Waals surface area contributed by atoms with Gasteiger partial charge in [-0.15, -0.1) is 0 Å². The number of benzene rings is 1. The van der Waals surface area contributed by atoms with Crippen molar-refractivity contribution < 1.29 is 9.90 Å². The minimum absolute atomic E-state index is 0.314. The molecule has 0 aliphatic carbocycles. The number of alkyl halides is 1. The van der Waals surface area contributed by atoms with Gasteiger partial charge in [0, 0.05) is 0 Å². The molecular formula is C9H7BrCl2O2. The van der Waals surface area contributed by atoms with Crippen LogP contribution in [-0.4, -0.2) is 15.9 Å². The second-order valence-corrected chi connectivity index (χ2v) is 4.61. The second kappa shape index (κ2) is 5.01. The van der Waals surface area contributed by atoms with E-state index in [2.05, 4.69) is 15.9 Å². The fourth-order valence-corrected chi connectivity index (χ4v) is 1.73. The first kappa shape index (κ1) is 11.8. The smallest absolute Gasteiger partial charge is 0.317 e. The number of carboxylic acids is 1. The average Bonchev–Trinajstić information content (AvgIpc) is 2.12. The Morgan fingerprint density at radius 2 is 2.14 bits per heavy atom. The van der Waals surface area contributed by atoms with E-state index < -0.39 is 10.8 Å². The molecule has 14 heavy (non-hydrogen) atoms. The Kier molecular flexibility index (Phi) is 4.23. The number of aliphatic carboxylic acids is 1. The Hall–Kier alpha value is -0.250. The van der Waals surface area contributed by atoms with Gasteiger partial charge < -0.3 is 5.11 Å². The van der Waals surface area contributed by atoms with Gasteiger partial charge in [0.1, 0.15) is 4.83 Å². The van der Waals surface area contributed by atoms with Crippen LogP contribution in [0.3, 0.4) is 0 Å². The summed E-state index contributed by atoms with van der Waals surface area (Å²) in [4.78, 5) is 9.94. The molecule has 2 nitrogen and oxygen atoms in total. The third-order valence-electron chi connectivity index (χ3n) is 1.70. The number of halogens is 3. The summed E-state index contributed by atoms with van der Waals surface area (Å²) in [6, 6.07) is 5.16. The Balaban J connectivity index is 2.87. The summed E-state index contributed by atoms with van der Waals surface area (Å²) < 4.78 is 0. The van der Waals surface area contributed by atoms with E-state index in [1.807, 2.05) is 0 Å². The molecule has 0 saturated carbocycles. The summed E-state index contributed by atoms with van der Waals surface area (Å²) in [6.07, 6.45) is 0.314. The fourth-order valence-electron chi connectivity index (χ4n) is 0.986. The van der Waals surface area contributed by atoms with E-state index >= 15 is 0 Å². The lowest BCUT2D eigenvalue weighted by molar-refractivity contribution is -0.136. The van der Waals surface area contributed by atoms with Gasteiger partial charge in [-0.1, -0.05) is 51.3 Å². The van der Waals surface area contributed by atoms with E-state index in [0.29, 0.717) is 16.5 Å². The number of rotatable bonds is 3. The lowest BCUT2D eigenvalue weighted by Crippen LogP contribution is -2.15. The molecule has 0 amide bonds. The highest BCUT2D eigenvalue weighted by molar-refractivity contribution is 9.10. The summed E-state index contributed by atoms with van der Waals surface area (Å²) in [6.45, 7) is 0. The van der Waals surface area contributed by atoms with E-state index in [-0.39, 0.29) is 0 Å². The Morgan fingerprint density at radius 1 is 1.50 bits per heavy atom. The van der Waals surface area contributed by atoms with Crippen molar-refractivity contribution in [1.82, 2.24) is 0 Å². The quantitative estimate of drug-likeness (QED) is 0.869. The molecule has 0 aliphatic rings. The van der Waals surface area contributed by atoms with E-state index in [9.17, 15) is 4.79 Å². The second-order valence-electron chi connectivity index (χ2n) is 2.72. The van der Waals surface area contributed by atoms with Gasteiger partial charge >= 0.3 is 5.97 Å². The molecule has 0 saturated heterocycles. The van der Waals surface area contributed by atoms with Crippen molar-refractivity contribution in [3.63, 3.8) is 0 Å². The largest absolute Gasteiger partial charge is 0.480 e. The van der Waals surface area contributed by atoms with Crippen LogP contribution in [0, 0.1) is 0 Å². The maximum atomic E-state index is 10.6. The van der Waals surface area contributed by atoms with Gasteiger partial charge in [-0.25, -0.2) is 0 Å². The zero-order valence-corrected chi connectivity index (χ0v) is 10.1. The highest BCUT2D eigenvalue weighted by Crippen LogP contribution is 2.27. The normalized spacial score (nSPS) is 12.5. The third kappa shape index (κ3) is 2.87. The predicted octanol–water partition coefficient (Wildman–Crippen LogP) is 3.38. The van der Waals surface area contributed by atoms with Crippen LogP contribution in [0.2, 0.25) is 10.0 Å². The van der Waals surface area contributed by atoms with Crippen molar-refractivity contribution in [3.05, 3.63) is 33.8 Å². The number of hydrogen-bond acceptors (Lipinski definition) is 1. The molecule has 5 heteroatoms. The average molecular weight is 298 g/mol. The van der Waals surface area contributed by atoms with Crippen LogP contribution in [0.15, 0.2) is 18.2 Å². The van der Waals surface area contributed by atoms with Gasteiger partial charge in [-0.05, 0) is 18.1 Å². The standard InChI is InChI=1S/C9H7BrCl2O2/c10-6(9(13)14)4-5-2-1-3-7(11)8(5)12/h1-3,6H,4H2,(H,13,14). The van der Waals surface area contributed by atoms with Crippen molar-refractivity contribution >= 4 is 45.1 Å². The van der Waals surface area contributed by atoms with E-state index in [0.717, 1.165) is 5.56 Å². The molecule has 1 aromatic rings. The molecule has 1 N–H and O–H groups in total. The summed E-state index contributed by atoms with van der Waals surface area (Å²) in [5.74, 6) is -0.916.